The average Bonchev–Trinajstić information content (AvgIpc) is 2.47. The molecular weight excluding hydrogens is 264 g/mol. The molecule has 0 unspecified atom stereocenters. The summed E-state index contributed by atoms with van der Waals surface area (Å²) in [5, 5.41) is 0. The van der Waals surface area contributed by atoms with Gasteiger partial charge in [0.2, 0.25) is 11.9 Å². The van der Waals surface area contributed by atoms with Crippen molar-refractivity contribution in [3.63, 3.8) is 0 Å². The Kier molecular flexibility index (Phi) is 4.67. The lowest BCUT2D eigenvalue weighted by molar-refractivity contribution is 0.736. The van der Waals surface area contributed by atoms with Crippen molar-refractivity contribution in [2.75, 3.05) is 30.9 Å². The van der Waals surface area contributed by atoms with Crippen molar-refractivity contribution in [1.82, 2.24) is 19.9 Å². The van der Waals surface area contributed by atoms with E-state index < -0.39 is 0 Å². The molecule has 2 aromatic rings. The molecular formula is C15H22N6. The molecule has 0 radical (unpaired) electrons. The molecule has 0 saturated carbocycles. The molecule has 0 amide bonds. The third-order valence-corrected chi connectivity index (χ3v) is 3.06. The molecule has 0 aliphatic carbocycles. The van der Waals surface area contributed by atoms with Crippen LogP contribution in [0.25, 0.3) is 0 Å². The van der Waals surface area contributed by atoms with E-state index in [-0.39, 0.29) is 5.92 Å². The summed E-state index contributed by atoms with van der Waals surface area (Å²) in [6.07, 6.45) is 3.59. The molecule has 2 rings (SSSR count). The van der Waals surface area contributed by atoms with Crippen LogP contribution >= 0.6 is 0 Å². The predicted octanol–water partition coefficient (Wildman–Crippen LogP) is 2.09. The number of anilines is 2. The van der Waals surface area contributed by atoms with Gasteiger partial charge in [-0.15, -0.1) is 0 Å². The van der Waals surface area contributed by atoms with E-state index in [0.29, 0.717) is 11.9 Å². The Balaban J connectivity index is 2.29. The lowest BCUT2D eigenvalue weighted by Gasteiger charge is -2.20. The largest absolute Gasteiger partial charge is 0.347 e. The highest BCUT2D eigenvalue weighted by molar-refractivity contribution is 5.38. The van der Waals surface area contributed by atoms with Crippen LogP contribution in [-0.4, -0.2) is 41.1 Å². The molecule has 2 aromatic heterocycles. The van der Waals surface area contributed by atoms with Crippen LogP contribution in [0.4, 0.5) is 11.9 Å². The maximum atomic E-state index is 4.57. The molecule has 2 heterocycles. The smallest absolute Gasteiger partial charge is 0.230 e. The Morgan fingerprint density at radius 1 is 0.952 bits per heavy atom. The van der Waals surface area contributed by atoms with Crippen molar-refractivity contribution >= 4 is 11.9 Å². The van der Waals surface area contributed by atoms with Crippen LogP contribution < -0.4 is 9.80 Å². The zero-order valence-electron chi connectivity index (χ0n) is 13.3. The van der Waals surface area contributed by atoms with Crippen molar-refractivity contribution in [2.45, 2.75) is 26.3 Å². The first-order valence-corrected chi connectivity index (χ1v) is 7.00. The molecule has 0 aromatic carbocycles. The lowest BCUT2D eigenvalue weighted by atomic mass is 10.2. The van der Waals surface area contributed by atoms with Gasteiger partial charge in [0, 0.05) is 46.0 Å². The quantitative estimate of drug-likeness (QED) is 0.839. The predicted molar refractivity (Wildman–Crippen MR) is 84.6 cm³/mol. The minimum absolute atomic E-state index is 0.264. The molecule has 0 bridgehead atoms. The maximum Gasteiger partial charge on any atom is 0.230 e. The van der Waals surface area contributed by atoms with Gasteiger partial charge in [-0.1, -0.05) is 13.8 Å². The van der Waals surface area contributed by atoms with Crippen LogP contribution in [-0.2, 0) is 6.54 Å². The molecule has 0 fully saturated rings. The molecule has 0 spiro atoms. The van der Waals surface area contributed by atoms with Gasteiger partial charge >= 0.3 is 0 Å². The van der Waals surface area contributed by atoms with Crippen molar-refractivity contribution in [3.8, 4) is 0 Å². The summed E-state index contributed by atoms with van der Waals surface area (Å²) in [4.78, 5) is 21.5. The number of rotatable bonds is 5. The van der Waals surface area contributed by atoms with Crippen LogP contribution in [0.15, 0.2) is 24.5 Å². The second-order valence-corrected chi connectivity index (χ2v) is 5.55. The second-order valence-electron chi connectivity index (χ2n) is 5.55. The van der Waals surface area contributed by atoms with Crippen LogP contribution in [0.3, 0.4) is 0 Å². The lowest BCUT2D eigenvalue weighted by Crippen LogP contribution is -2.23. The highest BCUT2D eigenvalue weighted by Crippen LogP contribution is 2.18. The molecule has 6 heteroatoms. The van der Waals surface area contributed by atoms with E-state index in [4.69, 9.17) is 0 Å². The Bertz CT molecular complexity index is 556. The van der Waals surface area contributed by atoms with Gasteiger partial charge in [-0.05, 0) is 17.7 Å². The molecule has 0 aliphatic heterocycles. The minimum Gasteiger partial charge on any atom is -0.347 e. The number of nitrogens with zero attached hydrogens (tertiary/aromatic N) is 6. The summed E-state index contributed by atoms with van der Waals surface area (Å²) in [6.45, 7) is 4.90. The van der Waals surface area contributed by atoms with Gasteiger partial charge in [0.05, 0.1) is 0 Å². The number of aromatic nitrogens is 4. The Morgan fingerprint density at radius 3 is 2.14 bits per heavy atom. The Labute approximate surface area is 125 Å². The summed E-state index contributed by atoms with van der Waals surface area (Å²) in [7, 11) is 5.86. The SMILES string of the molecule is CC(C)c1nc(N(C)C)nc(N(C)Cc2ccncc2)n1. The molecule has 6 nitrogen and oxygen atoms in total. The van der Waals surface area contributed by atoms with Gasteiger partial charge in [0.25, 0.3) is 0 Å². The topological polar surface area (TPSA) is 58.0 Å². The van der Waals surface area contributed by atoms with Gasteiger partial charge in [-0.3, -0.25) is 4.98 Å². The minimum atomic E-state index is 0.264. The number of pyridine rings is 1. The van der Waals surface area contributed by atoms with Gasteiger partial charge in [-0.2, -0.15) is 15.0 Å². The van der Waals surface area contributed by atoms with Gasteiger partial charge in [-0.25, -0.2) is 0 Å². The molecule has 0 saturated heterocycles. The first-order chi connectivity index (χ1) is 9.97. The standard InChI is InChI=1S/C15H22N6/c1-11(2)13-17-14(20(3)4)19-15(18-13)21(5)10-12-6-8-16-9-7-12/h6-9,11H,10H2,1-5H3. The van der Waals surface area contributed by atoms with Crippen LogP contribution in [0.2, 0.25) is 0 Å². The van der Waals surface area contributed by atoms with E-state index >= 15 is 0 Å². The van der Waals surface area contributed by atoms with E-state index in [1.54, 1.807) is 12.4 Å². The van der Waals surface area contributed by atoms with Crippen molar-refractivity contribution in [3.05, 3.63) is 35.9 Å². The zero-order chi connectivity index (χ0) is 15.4. The zero-order valence-corrected chi connectivity index (χ0v) is 13.3. The molecule has 21 heavy (non-hydrogen) atoms. The molecule has 0 N–H and O–H groups in total. The highest BCUT2D eigenvalue weighted by atomic mass is 15.3. The van der Waals surface area contributed by atoms with Gasteiger partial charge in [0.1, 0.15) is 5.82 Å². The summed E-state index contributed by atoms with van der Waals surface area (Å²) in [6, 6.07) is 3.99. The fourth-order valence-corrected chi connectivity index (χ4v) is 1.83. The van der Waals surface area contributed by atoms with Crippen molar-refractivity contribution in [1.29, 1.82) is 0 Å². The van der Waals surface area contributed by atoms with E-state index in [0.717, 1.165) is 12.4 Å². The van der Waals surface area contributed by atoms with Crippen LogP contribution in [0.5, 0.6) is 0 Å². The normalized spacial score (nSPS) is 10.8. The molecule has 0 atom stereocenters. The third kappa shape index (κ3) is 3.87. The third-order valence-electron chi connectivity index (χ3n) is 3.06. The summed E-state index contributed by atoms with van der Waals surface area (Å²) in [5.41, 5.74) is 1.17. The summed E-state index contributed by atoms with van der Waals surface area (Å²) >= 11 is 0. The van der Waals surface area contributed by atoms with E-state index in [9.17, 15) is 0 Å². The van der Waals surface area contributed by atoms with Gasteiger partial charge < -0.3 is 9.80 Å². The monoisotopic (exact) mass is 286 g/mol. The maximum absolute atomic E-state index is 4.57. The Morgan fingerprint density at radius 2 is 1.57 bits per heavy atom. The van der Waals surface area contributed by atoms with Crippen LogP contribution in [0.1, 0.15) is 31.2 Å². The summed E-state index contributed by atoms with van der Waals surface area (Å²) < 4.78 is 0. The number of hydrogen-bond acceptors (Lipinski definition) is 6. The molecule has 0 aliphatic rings. The van der Waals surface area contributed by atoms with Gasteiger partial charge in [0.15, 0.2) is 0 Å². The first-order valence-electron chi connectivity index (χ1n) is 7.00. The van der Waals surface area contributed by atoms with E-state index in [1.165, 1.54) is 5.56 Å². The fourth-order valence-electron chi connectivity index (χ4n) is 1.83. The highest BCUT2D eigenvalue weighted by Gasteiger charge is 2.13. The Hall–Kier alpha value is -2.24. The van der Waals surface area contributed by atoms with E-state index in [1.807, 2.05) is 43.1 Å². The molecule has 112 valence electrons. The summed E-state index contributed by atoms with van der Waals surface area (Å²) in [5.74, 6) is 2.45. The van der Waals surface area contributed by atoms with Crippen molar-refractivity contribution in [2.24, 2.45) is 0 Å². The number of hydrogen-bond donors (Lipinski definition) is 0. The van der Waals surface area contributed by atoms with Crippen molar-refractivity contribution < 1.29 is 0 Å². The second kappa shape index (κ2) is 6.47. The van der Waals surface area contributed by atoms with E-state index in [2.05, 4.69) is 33.8 Å². The van der Waals surface area contributed by atoms with Crippen LogP contribution in [0, 0.1) is 0 Å². The first kappa shape index (κ1) is 15.2. The fraction of sp³-hybridized carbons (Fsp3) is 0.467. The average molecular weight is 286 g/mol.